The topological polar surface area (TPSA) is 55.7 Å². The van der Waals surface area contributed by atoms with Gasteiger partial charge in [-0.3, -0.25) is 0 Å². The average Bonchev–Trinajstić information content (AvgIpc) is 3.08. The Labute approximate surface area is 162 Å². The fourth-order valence-electron chi connectivity index (χ4n) is 3.58. The highest BCUT2D eigenvalue weighted by Gasteiger charge is 2.12. The molecule has 0 saturated carbocycles. The number of nitrogen functional groups attached to an aromatic ring is 1. The van der Waals surface area contributed by atoms with Crippen molar-refractivity contribution in [3.05, 3.63) is 97.1 Å². The van der Waals surface area contributed by atoms with Crippen molar-refractivity contribution in [1.29, 1.82) is 0 Å². The monoisotopic (exact) mass is 362 g/mol. The van der Waals surface area contributed by atoms with Gasteiger partial charge in [0.05, 0.1) is 22.4 Å². The smallest absolute Gasteiger partial charge is 0.109 e. The number of nitrogens with two attached hydrogens (primary N) is 1. The molecule has 0 radical (unpaired) electrons. The number of para-hydroxylation sites is 2. The van der Waals surface area contributed by atoms with Crippen molar-refractivity contribution in [3.8, 4) is 5.69 Å². The van der Waals surface area contributed by atoms with E-state index in [0.717, 1.165) is 22.4 Å². The predicted molar refractivity (Wildman–Crippen MR) is 116 cm³/mol. The maximum atomic E-state index is 6.31. The average molecular weight is 362 g/mol. The Morgan fingerprint density at radius 3 is 1.86 bits per heavy atom. The molecule has 0 saturated heterocycles. The summed E-state index contributed by atoms with van der Waals surface area (Å²) >= 11 is 0. The first-order valence-corrected chi connectivity index (χ1v) is 9.16. The minimum Gasteiger partial charge on any atom is -0.397 e. The molecule has 0 amide bonds. The van der Waals surface area contributed by atoms with Gasteiger partial charge in [0.15, 0.2) is 0 Å². The Morgan fingerprint density at radius 1 is 0.607 bits per heavy atom. The van der Waals surface area contributed by atoms with Crippen molar-refractivity contribution in [2.45, 2.75) is 0 Å². The Bertz CT molecular complexity index is 1260. The largest absolute Gasteiger partial charge is 0.397 e. The second-order valence-corrected chi connectivity index (χ2v) is 6.65. The first kappa shape index (κ1) is 16.3. The van der Waals surface area contributed by atoms with Crippen LogP contribution in [0, 0.1) is 0 Å². The summed E-state index contributed by atoms with van der Waals surface area (Å²) in [5.74, 6) is 0. The molecule has 1 heterocycles. The Balaban J connectivity index is 1.63. The number of hydrogen-bond donors (Lipinski definition) is 1. The number of aromatic nitrogens is 1. The van der Waals surface area contributed by atoms with Gasteiger partial charge in [-0.2, -0.15) is 5.11 Å². The zero-order valence-electron chi connectivity index (χ0n) is 15.2. The van der Waals surface area contributed by atoms with E-state index in [1.165, 1.54) is 10.8 Å². The second kappa shape index (κ2) is 6.67. The standard InChI is InChI=1S/C24H18N4/c25-21-16-18(14-15-22(21)27-26-17-8-2-1-3-9-17)28-23-12-6-4-10-19(23)20-11-5-7-13-24(20)28/h1-16H,25H2. The molecule has 4 nitrogen and oxygen atoms in total. The van der Waals surface area contributed by atoms with Gasteiger partial charge in [0.25, 0.3) is 0 Å². The lowest BCUT2D eigenvalue weighted by Crippen LogP contribution is -1.95. The Kier molecular flexibility index (Phi) is 3.87. The normalized spacial score (nSPS) is 11.6. The van der Waals surface area contributed by atoms with E-state index in [1.54, 1.807) is 0 Å². The molecule has 0 atom stereocenters. The van der Waals surface area contributed by atoms with Crippen LogP contribution in [0.3, 0.4) is 0 Å². The van der Waals surface area contributed by atoms with E-state index in [1.807, 2.05) is 48.5 Å². The molecule has 0 aliphatic rings. The molecule has 134 valence electrons. The molecule has 0 fully saturated rings. The van der Waals surface area contributed by atoms with Crippen LogP contribution in [0.1, 0.15) is 0 Å². The van der Waals surface area contributed by atoms with E-state index >= 15 is 0 Å². The third-order valence-electron chi connectivity index (χ3n) is 4.88. The van der Waals surface area contributed by atoms with Gasteiger partial charge in [-0.05, 0) is 42.5 Å². The summed E-state index contributed by atoms with van der Waals surface area (Å²) in [7, 11) is 0. The van der Waals surface area contributed by atoms with Crippen LogP contribution in [0.5, 0.6) is 0 Å². The first-order chi connectivity index (χ1) is 13.8. The third-order valence-corrected chi connectivity index (χ3v) is 4.88. The summed E-state index contributed by atoms with van der Waals surface area (Å²) in [6.07, 6.45) is 0. The first-order valence-electron chi connectivity index (χ1n) is 9.16. The zero-order valence-corrected chi connectivity index (χ0v) is 15.2. The van der Waals surface area contributed by atoms with Gasteiger partial charge < -0.3 is 10.3 Å². The molecule has 0 aliphatic heterocycles. The predicted octanol–water partition coefficient (Wildman–Crippen LogP) is 6.78. The van der Waals surface area contributed by atoms with Gasteiger partial charge in [0, 0.05) is 16.5 Å². The van der Waals surface area contributed by atoms with Crippen LogP contribution < -0.4 is 5.73 Å². The van der Waals surface area contributed by atoms with Crippen molar-refractivity contribution in [1.82, 2.24) is 4.57 Å². The molecule has 4 aromatic carbocycles. The number of nitrogens with zero attached hydrogens (tertiary/aromatic N) is 3. The number of fused-ring (bicyclic) bond motifs is 3. The molecular formula is C24H18N4. The number of hydrogen-bond acceptors (Lipinski definition) is 3. The summed E-state index contributed by atoms with van der Waals surface area (Å²) in [6.45, 7) is 0. The van der Waals surface area contributed by atoms with Crippen molar-refractivity contribution in [3.63, 3.8) is 0 Å². The number of benzene rings is 4. The summed E-state index contributed by atoms with van der Waals surface area (Å²) in [5, 5.41) is 11.0. The van der Waals surface area contributed by atoms with E-state index in [2.05, 4.69) is 63.3 Å². The molecule has 1 aromatic heterocycles. The van der Waals surface area contributed by atoms with Crippen molar-refractivity contribution in [2.75, 3.05) is 5.73 Å². The number of rotatable bonds is 3. The van der Waals surface area contributed by atoms with Gasteiger partial charge in [0.1, 0.15) is 5.69 Å². The highest BCUT2D eigenvalue weighted by Crippen LogP contribution is 2.34. The van der Waals surface area contributed by atoms with E-state index in [4.69, 9.17) is 5.73 Å². The van der Waals surface area contributed by atoms with Gasteiger partial charge in [0.2, 0.25) is 0 Å². The van der Waals surface area contributed by atoms with Gasteiger partial charge in [-0.25, -0.2) is 0 Å². The Morgan fingerprint density at radius 2 is 1.21 bits per heavy atom. The molecule has 0 spiro atoms. The molecule has 5 aromatic rings. The van der Waals surface area contributed by atoms with Gasteiger partial charge in [-0.15, -0.1) is 5.11 Å². The van der Waals surface area contributed by atoms with Crippen LogP contribution >= 0.6 is 0 Å². The summed E-state index contributed by atoms with van der Waals surface area (Å²) < 4.78 is 2.24. The lowest BCUT2D eigenvalue weighted by molar-refractivity contribution is 1.17. The minimum atomic E-state index is 0.596. The lowest BCUT2D eigenvalue weighted by atomic mass is 10.2. The van der Waals surface area contributed by atoms with Crippen LogP contribution in [-0.2, 0) is 0 Å². The summed E-state index contributed by atoms with van der Waals surface area (Å²) in [6, 6.07) is 32.4. The van der Waals surface area contributed by atoms with Gasteiger partial charge in [-0.1, -0.05) is 54.6 Å². The molecule has 0 unspecified atom stereocenters. The van der Waals surface area contributed by atoms with E-state index in [9.17, 15) is 0 Å². The highest BCUT2D eigenvalue weighted by atomic mass is 15.1. The SMILES string of the molecule is Nc1cc(-n2c3ccccc3c3ccccc32)ccc1N=Nc1ccccc1. The maximum Gasteiger partial charge on any atom is 0.109 e. The molecule has 28 heavy (non-hydrogen) atoms. The summed E-state index contributed by atoms with van der Waals surface area (Å²) in [4.78, 5) is 0. The Hall–Kier alpha value is -3.92. The lowest BCUT2D eigenvalue weighted by Gasteiger charge is -2.09. The summed E-state index contributed by atoms with van der Waals surface area (Å²) in [5.41, 5.74) is 11.7. The second-order valence-electron chi connectivity index (χ2n) is 6.65. The number of azo groups is 1. The molecule has 2 N–H and O–H groups in total. The van der Waals surface area contributed by atoms with E-state index in [-0.39, 0.29) is 0 Å². The minimum absolute atomic E-state index is 0.596. The van der Waals surface area contributed by atoms with E-state index < -0.39 is 0 Å². The van der Waals surface area contributed by atoms with Crippen LogP contribution in [-0.4, -0.2) is 4.57 Å². The van der Waals surface area contributed by atoms with Crippen LogP contribution in [0.2, 0.25) is 0 Å². The van der Waals surface area contributed by atoms with Crippen molar-refractivity contribution < 1.29 is 0 Å². The van der Waals surface area contributed by atoms with E-state index in [0.29, 0.717) is 11.4 Å². The van der Waals surface area contributed by atoms with Crippen LogP contribution in [0.15, 0.2) is 107 Å². The van der Waals surface area contributed by atoms with Crippen molar-refractivity contribution in [2.24, 2.45) is 10.2 Å². The van der Waals surface area contributed by atoms with Crippen LogP contribution in [0.4, 0.5) is 17.1 Å². The molecule has 0 bridgehead atoms. The van der Waals surface area contributed by atoms with Crippen LogP contribution in [0.25, 0.3) is 27.5 Å². The molecule has 5 rings (SSSR count). The number of anilines is 1. The molecular weight excluding hydrogens is 344 g/mol. The highest BCUT2D eigenvalue weighted by molar-refractivity contribution is 6.09. The third kappa shape index (κ3) is 2.72. The fourth-order valence-corrected chi connectivity index (χ4v) is 3.58. The maximum absolute atomic E-state index is 6.31. The molecule has 0 aliphatic carbocycles. The zero-order chi connectivity index (χ0) is 18.9. The molecule has 4 heteroatoms. The van der Waals surface area contributed by atoms with Crippen molar-refractivity contribution >= 4 is 38.9 Å². The van der Waals surface area contributed by atoms with Gasteiger partial charge >= 0.3 is 0 Å². The fraction of sp³-hybridized carbons (Fsp3) is 0. The quantitative estimate of drug-likeness (QED) is 0.279.